The van der Waals surface area contributed by atoms with E-state index in [1.807, 2.05) is 44.2 Å². The lowest BCUT2D eigenvalue weighted by Crippen LogP contribution is -2.60. The number of benzene rings is 1. The summed E-state index contributed by atoms with van der Waals surface area (Å²) in [6, 6.07) is 6.96. The summed E-state index contributed by atoms with van der Waals surface area (Å²) < 4.78 is 10.5. The smallest absolute Gasteiger partial charge is 0.408 e. The Balaban J connectivity index is 1.60. The lowest BCUT2D eigenvalue weighted by molar-refractivity contribution is -0.148. The summed E-state index contributed by atoms with van der Waals surface area (Å²) in [5, 5.41) is 5.81. The van der Waals surface area contributed by atoms with Crippen LogP contribution in [0.25, 0.3) is 0 Å². The van der Waals surface area contributed by atoms with Crippen LogP contribution in [0.3, 0.4) is 0 Å². The second kappa shape index (κ2) is 13.3. The zero-order chi connectivity index (χ0) is 30.5. The van der Waals surface area contributed by atoms with Crippen molar-refractivity contribution >= 4 is 23.9 Å². The van der Waals surface area contributed by atoms with Crippen molar-refractivity contribution in [1.82, 2.24) is 15.5 Å². The molecule has 2 fully saturated rings. The number of amides is 3. The largest absolute Gasteiger partial charge is 0.467 e. The molecule has 0 spiro atoms. The molecule has 5 atom stereocenters. The molecule has 3 amide bonds. The van der Waals surface area contributed by atoms with Crippen molar-refractivity contribution in [2.75, 3.05) is 13.7 Å². The highest BCUT2D eigenvalue weighted by Crippen LogP contribution is 2.65. The number of hydrogen-bond acceptors (Lipinski definition) is 6. The highest BCUT2D eigenvalue weighted by Gasteiger charge is 2.70. The standard InChI is InChI=1S/C33H47N3O6/c1-32(2)19-15-10-8-6-7-9-14-18-24(30(39)41-5)34-28(37)26-25-23(33(25,3)4)20-36(26)29(38)27(32)35-31(40)42-21-22-16-12-11-13-17-22/h6,8,11-13,16-17,23-27H,7,9-10,14-15,18-21H2,1-5H3,(H,34,37)(H,35,40)/b8-6+/t23?,24-,25-,26-,27+/m0/s1. The Morgan fingerprint density at radius 3 is 2.40 bits per heavy atom. The highest BCUT2D eigenvalue weighted by atomic mass is 16.5. The first-order valence-corrected chi connectivity index (χ1v) is 15.3. The van der Waals surface area contributed by atoms with Crippen LogP contribution < -0.4 is 10.6 Å². The zero-order valence-electron chi connectivity index (χ0n) is 25.7. The fraction of sp³-hybridized carbons (Fsp3) is 0.636. The van der Waals surface area contributed by atoms with Crippen molar-refractivity contribution in [1.29, 1.82) is 0 Å². The second-order valence-corrected chi connectivity index (χ2v) is 13.2. The van der Waals surface area contributed by atoms with E-state index in [0.717, 1.165) is 37.7 Å². The van der Waals surface area contributed by atoms with E-state index < -0.39 is 35.6 Å². The Morgan fingerprint density at radius 2 is 1.71 bits per heavy atom. The van der Waals surface area contributed by atoms with E-state index in [0.29, 0.717) is 19.4 Å². The number of esters is 1. The van der Waals surface area contributed by atoms with E-state index in [2.05, 4.69) is 36.6 Å². The molecule has 2 heterocycles. The van der Waals surface area contributed by atoms with E-state index in [1.54, 1.807) is 4.90 Å². The Labute approximate surface area is 249 Å². The minimum Gasteiger partial charge on any atom is -0.467 e. The molecule has 0 radical (unpaired) electrons. The quantitative estimate of drug-likeness (QED) is 0.392. The maximum Gasteiger partial charge on any atom is 0.408 e. The maximum atomic E-state index is 14.4. The van der Waals surface area contributed by atoms with Gasteiger partial charge >= 0.3 is 12.1 Å². The molecule has 1 saturated heterocycles. The number of carbonyl (C=O) groups excluding carboxylic acids is 4. The number of allylic oxidation sites excluding steroid dienone is 2. The maximum absolute atomic E-state index is 14.4. The summed E-state index contributed by atoms with van der Waals surface area (Å²) in [6.07, 6.45) is 9.03. The molecule has 1 aliphatic carbocycles. The third kappa shape index (κ3) is 7.16. The lowest BCUT2D eigenvalue weighted by atomic mass is 9.78. The predicted molar refractivity (Wildman–Crippen MR) is 159 cm³/mol. The molecule has 230 valence electrons. The molecule has 1 saturated carbocycles. The third-order valence-corrected chi connectivity index (χ3v) is 9.54. The first-order chi connectivity index (χ1) is 20.0. The van der Waals surface area contributed by atoms with Gasteiger partial charge in [-0.05, 0) is 66.8 Å². The summed E-state index contributed by atoms with van der Waals surface area (Å²) in [5.74, 6) is -0.988. The van der Waals surface area contributed by atoms with E-state index in [1.165, 1.54) is 7.11 Å². The first-order valence-electron chi connectivity index (χ1n) is 15.3. The average Bonchev–Trinajstić information content (AvgIpc) is 3.28. The van der Waals surface area contributed by atoms with Gasteiger partial charge in [-0.15, -0.1) is 0 Å². The van der Waals surface area contributed by atoms with Crippen LogP contribution in [0.1, 0.15) is 78.2 Å². The van der Waals surface area contributed by atoms with Gasteiger partial charge in [-0.3, -0.25) is 9.59 Å². The number of alkyl carbamates (subject to hydrolysis) is 1. The summed E-state index contributed by atoms with van der Waals surface area (Å²) in [6.45, 7) is 8.70. The van der Waals surface area contributed by atoms with Gasteiger partial charge in [-0.25, -0.2) is 9.59 Å². The van der Waals surface area contributed by atoms with Crippen molar-refractivity contribution in [2.45, 2.75) is 97.4 Å². The van der Waals surface area contributed by atoms with Crippen LogP contribution in [0.4, 0.5) is 4.79 Å². The number of ether oxygens (including phenoxy) is 2. The van der Waals surface area contributed by atoms with Crippen LogP contribution in [0.5, 0.6) is 0 Å². The van der Waals surface area contributed by atoms with Crippen LogP contribution >= 0.6 is 0 Å². The first kappa shape index (κ1) is 31.6. The molecule has 2 N–H and O–H groups in total. The van der Waals surface area contributed by atoms with E-state index >= 15 is 0 Å². The molecule has 1 unspecified atom stereocenters. The number of methoxy groups -OCH3 is 1. The van der Waals surface area contributed by atoms with Crippen LogP contribution in [-0.4, -0.2) is 60.6 Å². The normalized spacial score (nSPS) is 30.1. The van der Waals surface area contributed by atoms with E-state index in [4.69, 9.17) is 9.47 Å². The number of nitrogens with zero attached hydrogens (tertiary/aromatic N) is 1. The fourth-order valence-electron chi connectivity index (χ4n) is 6.77. The molecule has 0 aromatic heterocycles. The monoisotopic (exact) mass is 581 g/mol. The van der Waals surface area contributed by atoms with Gasteiger partial charge in [0.05, 0.1) is 7.11 Å². The summed E-state index contributed by atoms with van der Waals surface area (Å²) in [7, 11) is 1.32. The van der Waals surface area contributed by atoms with Gasteiger partial charge in [-0.1, -0.05) is 76.6 Å². The lowest BCUT2D eigenvalue weighted by Gasteiger charge is -2.39. The Bertz CT molecular complexity index is 1160. The number of hydrogen-bond donors (Lipinski definition) is 2. The van der Waals surface area contributed by atoms with Gasteiger partial charge in [0.15, 0.2) is 0 Å². The molecule has 9 nitrogen and oxygen atoms in total. The van der Waals surface area contributed by atoms with Crippen molar-refractivity contribution in [3.63, 3.8) is 0 Å². The van der Waals surface area contributed by atoms with E-state index in [9.17, 15) is 19.2 Å². The number of fused-ring (bicyclic) bond motifs is 3. The molecule has 4 rings (SSSR count). The van der Waals surface area contributed by atoms with Crippen molar-refractivity contribution in [3.05, 3.63) is 48.0 Å². The van der Waals surface area contributed by atoms with Crippen LogP contribution in [0, 0.1) is 22.7 Å². The van der Waals surface area contributed by atoms with E-state index in [-0.39, 0.29) is 35.7 Å². The van der Waals surface area contributed by atoms with Crippen molar-refractivity contribution < 1.29 is 28.7 Å². The Kier molecular flexibility index (Phi) is 10.00. The number of rotatable bonds is 4. The van der Waals surface area contributed by atoms with Gasteiger partial charge < -0.3 is 25.0 Å². The van der Waals surface area contributed by atoms with Gasteiger partial charge in [0.1, 0.15) is 24.7 Å². The number of piperidine rings is 1. The summed E-state index contributed by atoms with van der Waals surface area (Å²) >= 11 is 0. The molecular formula is C33H47N3O6. The third-order valence-electron chi connectivity index (χ3n) is 9.54. The summed E-state index contributed by atoms with van der Waals surface area (Å²) in [5.41, 5.74) is 0.136. The second-order valence-electron chi connectivity index (χ2n) is 13.2. The number of carbonyl (C=O) groups is 4. The van der Waals surface area contributed by atoms with Crippen LogP contribution in [-0.2, 0) is 30.5 Å². The van der Waals surface area contributed by atoms with Gasteiger partial charge in [0.2, 0.25) is 11.8 Å². The zero-order valence-corrected chi connectivity index (χ0v) is 25.7. The average molecular weight is 582 g/mol. The van der Waals surface area contributed by atoms with Gasteiger partial charge in [0, 0.05) is 6.54 Å². The molecule has 2 aliphatic heterocycles. The van der Waals surface area contributed by atoms with Crippen LogP contribution in [0.15, 0.2) is 42.5 Å². The van der Waals surface area contributed by atoms with Gasteiger partial charge in [0.25, 0.3) is 0 Å². The molecule has 3 aliphatic rings. The number of nitrogens with one attached hydrogen (secondary N) is 2. The minimum absolute atomic E-state index is 0.0279. The predicted octanol–water partition coefficient (Wildman–Crippen LogP) is 4.75. The SMILES string of the molecule is COC(=O)[C@@H]1CCCC/C=C/CCCC(C)(C)[C@H](NC(=O)OCc2ccccc2)C(=O)N2CC3[C@@H]([C@H]2C(=O)N1)C3(C)C. The fourth-order valence-corrected chi connectivity index (χ4v) is 6.77. The minimum atomic E-state index is -0.896. The molecule has 1 aromatic carbocycles. The summed E-state index contributed by atoms with van der Waals surface area (Å²) in [4.78, 5) is 55.5. The topological polar surface area (TPSA) is 114 Å². The Morgan fingerprint density at radius 1 is 1.02 bits per heavy atom. The van der Waals surface area contributed by atoms with Crippen molar-refractivity contribution in [3.8, 4) is 0 Å². The Hall–Kier alpha value is -3.36. The van der Waals surface area contributed by atoms with Gasteiger partial charge in [-0.2, -0.15) is 0 Å². The molecule has 0 bridgehead atoms. The molecular weight excluding hydrogens is 534 g/mol. The molecule has 9 heteroatoms. The van der Waals surface area contributed by atoms with Crippen LogP contribution in [0.2, 0.25) is 0 Å². The molecule has 42 heavy (non-hydrogen) atoms. The van der Waals surface area contributed by atoms with Crippen molar-refractivity contribution in [2.24, 2.45) is 22.7 Å². The molecule has 1 aromatic rings. The highest BCUT2D eigenvalue weighted by molar-refractivity contribution is 5.95.